The van der Waals surface area contributed by atoms with Gasteiger partial charge in [-0.25, -0.2) is 0 Å². The van der Waals surface area contributed by atoms with Gasteiger partial charge in [0.1, 0.15) is 5.75 Å². The SMILES string of the molecule is O=C1C=Cc2c(c(O)[nH]c(=O)c2-c2cc(I)c(O)c(I)c2)C1=O. The number of H-pyrrole nitrogens is 1. The summed E-state index contributed by atoms with van der Waals surface area (Å²) in [6.07, 6.45) is 2.42. The van der Waals surface area contributed by atoms with E-state index in [-0.39, 0.29) is 22.4 Å². The molecule has 1 aromatic heterocycles. The van der Waals surface area contributed by atoms with Gasteiger partial charge in [0.15, 0.2) is 0 Å². The molecule has 3 rings (SSSR count). The quantitative estimate of drug-likeness (QED) is 0.385. The molecule has 6 nitrogen and oxygen atoms in total. The molecule has 0 fully saturated rings. The van der Waals surface area contributed by atoms with E-state index in [1.165, 1.54) is 6.08 Å². The zero-order valence-electron chi connectivity index (χ0n) is 11.2. The van der Waals surface area contributed by atoms with Crippen molar-refractivity contribution in [3.05, 3.63) is 46.8 Å². The van der Waals surface area contributed by atoms with Crippen LogP contribution in [0, 0.1) is 7.14 Å². The van der Waals surface area contributed by atoms with E-state index in [1.54, 1.807) is 12.1 Å². The van der Waals surface area contributed by atoms with Crippen molar-refractivity contribution in [2.75, 3.05) is 0 Å². The summed E-state index contributed by atoms with van der Waals surface area (Å²) in [4.78, 5) is 38.0. The molecule has 0 saturated carbocycles. The lowest BCUT2D eigenvalue weighted by Crippen LogP contribution is -2.22. The maximum atomic E-state index is 12.3. The van der Waals surface area contributed by atoms with Gasteiger partial charge in [-0.3, -0.25) is 19.4 Å². The highest BCUT2D eigenvalue weighted by atomic mass is 127. The van der Waals surface area contributed by atoms with Crippen molar-refractivity contribution in [2.24, 2.45) is 0 Å². The van der Waals surface area contributed by atoms with Gasteiger partial charge in [-0.1, -0.05) is 0 Å². The molecule has 3 N–H and O–H groups in total. The molecule has 0 atom stereocenters. The smallest absolute Gasteiger partial charge is 0.259 e. The number of allylic oxidation sites excluding steroid dienone is 1. The number of hydrogen-bond donors (Lipinski definition) is 3. The molecule has 0 unspecified atom stereocenters. The standard InChI is InChI=1S/C15H7I2NO5/c16-7-3-5(4-8(17)12(7)20)10-6-1-2-9(19)13(21)11(6)15(23)18-14(10)22/h1-4,20H,(H2,18,22,23). The van der Waals surface area contributed by atoms with Crippen LogP contribution in [0.3, 0.4) is 0 Å². The Morgan fingerprint density at radius 3 is 2.13 bits per heavy atom. The number of carbonyl (C=O) groups excluding carboxylic acids is 2. The lowest BCUT2D eigenvalue weighted by molar-refractivity contribution is -0.111. The van der Waals surface area contributed by atoms with E-state index in [9.17, 15) is 24.6 Å². The molecule has 2 aromatic rings. The zero-order valence-corrected chi connectivity index (χ0v) is 15.5. The summed E-state index contributed by atoms with van der Waals surface area (Å²) in [6, 6.07) is 3.18. The Balaban J connectivity index is 2.40. The second kappa shape index (κ2) is 5.74. The number of aromatic amines is 1. The molecule has 116 valence electrons. The number of halogens is 2. The van der Waals surface area contributed by atoms with Crippen molar-refractivity contribution in [2.45, 2.75) is 0 Å². The van der Waals surface area contributed by atoms with Crippen LogP contribution in [0.15, 0.2) is 23.0 Å². The van der Waals surface area contributed by atoms with Crippen LogP contribution >= 0.6 is 45.2 Å². The van der Waals surface area contributed by atoms with Gasteiger partial charge in [-0.2, -0.15) is 0 Å². The monoisotopic (exact) mass is 535 g/mol. The topological polar surface area (TPSA) is 107 Å². The van der Waals surface area contributed by atoms with Crippen molar-refractivity contribution < 1.29 is 19.8 Å². The first kappa shape index (κ1) is 16.2. The van der Waals surface area contributed by atoms with Crippen LogP contribution in [0.2, 0.25) is 0 Å². The Hall–Kier alpha value is -1.69. The first-order valence-corrected chi connectivity index (χ1v) is 8.41. The highest BCUT2D eigenvalue weighted by Gasteiger charge is 2.29. The van der Waals surface area contributed by atoms with Crippen molar-refractivity contribution >= 4 is 62.8 Å². The zero-order chi connectivity index (χ0) is 16.9. The molecule has 0 amide bonds. The number of nitrogens with one attached hydrogen (secondary N) is 1. The average molecular weight is 535 g/mol. The average Bonchev–Trinajstić information content (AvgIpc) is 2.48. The molecule has 0 aliphatic heterocycles. The number of aromatic hydroxyl groups is 2. The van der Waals surface area contributed by atoms with E-state index >= 15 is 0 Å². The van der Waals surface area contributed by atoms with Crippen LogP contribution in [0.5, 0.6) is 11.6 Å². The van der Waals surface area contributed by atoms with Crippen LogP contribution < -0.4 is 5.56 Å². The number of aromatic nitrogens is 1. The van der Waals surface area contributed by atoms with Gasteiger partial charge in [-0.05, 0) is 75.0 Å². The Labute approximate surface area is 156 Å². The summed E-state index contributed by atoms with van der Waals surface area (Å²) in [6.45, 7) is 0. The van der Waals surface area contributed by atoms with Gasteiger partial charge in [-0.15, -0.1) is 0 Å². The fraction of sp³-hybridized carbons (Fsp3) is 0. The highest BCUT2D eigenvalue weighted by Crippen LogP contribution is 2.35. The summed E-state index contributed by atoms with van der Waals surface area (Å²) < 4.78 is 1.07. The molecule has 1 aliphatic rings. The first-order valence-electron chi connectivity index (χ1n) is 6.25. The lowest BCUT2D eigenvalue weighted by Gasteiger charge is -2.15. The number of phenolic OH excluding ortho intramolecular Hbond substituents is 1. The maximum Gasteiger partial charge on any atom is 0.259 e. The summed E-state index contributed by atoms with van der Waals surface area (Å²) >= 11 is 3.86. The van der Waals surface area contributed by atoms with Crippen molar-refractivity contribution in [3.8, 4) is 22.8 Å². The first-order chi connectivity index (χ1) is 10.8. The van der Waals surface area contributed by atoms with Crippen LogP contribution in [0.25, 0.3) is 17.2 Å². The molecule has 0 radical (unpaired) electrons. The van der Waals surface area contributed by atoms with Crippen molar-refractivity contribution in [1.29, 1.82) is 0 Å². The van der Waals surface area contributed by atoms with Crippen LogP contribution in [0.1, 0.15) is 15.9 Å². The van der Waals surface area contributed by atoms with Crippen LogP contribution in [-0.4, -0.2) is 26.8 Å². The molecule has 1 aliphatic carbocycles. The number of ketones is 2. The van der Waals surface area contributed by atoms with Crippen molar-refractivity contribution in [1.82, 2.24) is 4.98 Å². The number of pyridine rings is 1. The summed E-state index contributed by atoms with van der Waals surface area (Å²) in [5.41, 5.74) is 0.00954. The van der Waals surface area contributed by atoms with E-state index in [0.29, 0.717) is 12.7 Å². The Morgan fingerprint density at radius 2 is 1.52 bits per heavy atom. The van der Waals surface area contributed by atoms with Gasteiger partial charge >= 0.3 is 0 Å². The third-order valence-corrected chi connectivity index (χ3v) is 5.04. The number of hydrogen-bond acceptors (Lipinski definition) is 5. The van der Waals surface area contributed by atoms with E-state index in [1.807, 2.05) is 45.2 Å². The molecule has 1 aromatic carbocycles. The summed E-state index contributed by atoms with van der Waals surface area (Å²) in [5.74, 6) is -2.17. The van der Waals surface area contributed by atoms with Gasteiger partial charge in [0, 0.05) is 5.56 Å². The number of rotatable bonds is 1. The van der Waals surface area contributed by atoms with Crippen LogP contribution in [-0.2, 0) is 4.79 Å². The third kappa shape index (κ3) is 2.59. The second-order valence-corrected chi connectivity index (χ2v) is 7.11. The van der Waals surface area contributed by atoms with Gasteiger partial charge < -0.3 is 10.2 Å². The molecular weight excluding hydrogens is 528 g/mol. The maximum absolute atomic E-state index is 12.3. The number of carbonyl (C=O) groups is 2. The third-order valence-electron chi connectivity index (χ3n) is 3.39. The molecule has 1 heterocycles. The van der Waals surface area contributed by atoms with Crippen LogP contribution in [0.4, 0.5) is 0 Å². The largest absolute Gasteiger partial charge is 0.506 e. The van der Waals surface area contributed by atoms with Gasteiger partial charge in [0.2, 0.25) is 17.4 Å². The fourth-order valence-electron chi connectivity index (χ4n) is 2.36. The molecule has 0 bridgehead atoms. The van der Waals surface area contributed by atoms with E-state index < -0.39 is 23.0 Å². The van der Waals surface area contributed by atoms with E-state index in [4.69, 9.17) is 0 Å². The normalized spacial score (nSPS) is 13.3. The Bertz CT molecular complexity index is 952. The number of benzene rings is 1. The number of phenols is 1. The molecular formula is C15H7I2NO5. The lowest BCUT2D eigenvalue weighted by atomic mass is 9.90. The summed E-state index contributed by atoms with van der Waals surface area (Å²) in [7, 11) is 0. The minimum atomic E-state index is -0.874. The van der Waals surface area contributed by atoms with E-state index in [2.05, 4.69) is 4.98 Å². The predicted octanol–water partition coefficient (Wildman–Crippen LogP) is 2.44. The summed E-state index contributed by atoms with van der Waals surface area (Å²) in [5, 5.41) is 19.7. The molecule has 0 saturated heterocycles. The Morgan fingerprint density at radius 1 is 0.913 bits per heavy atom. The second-order valence-electron chi connectivity index (χ2n) is 4.78. The number of Topliss-reactive ketones (excluding diaryl/α,β-unsaturated/α-hetero) is 1. The molecule has 8 heteroatoms. The number of fused-ring (bicyclic) bond motifs is 1. The molecule has 23 heavy (non-hydrogen) atoms. The van der Waals surface area contributed by atoms with E-state index in [0.717, 1.165) is 6.08 Å². The Kier molecular flexibility index (Phi) is 4.04. The van der Waals surface area contributed by atoms with Gasteiger partial charge in [0.25, 0.3) is 5.56 Å². The highest BCUT2D eigenvalue weighted by molar-refractivity contribution is 14.1. The minimum Gasteiger partial charge on any atom is -0.506 e. The van der Waals surface area contributed by atoms with Gasteiger partial charge in [0.05, 0.1) is 18.3 Å². The molecule has 0 spiro atoms. The fourth-order valence-corrected chi connectivity index (χ4v) is 4.13. The minimum absolute atomic E-state index is 0.0980. The predicted molar refractivity (Wildman–Crippen MR) is 99.6 cm³/mol. The van der Waals surface area contributed by atoms with Crippen molar-refractivity contribution in [3.63, 3.8) is 0 Å².